The van der Waals surface area contributed by atoms with Crippen molar-refractivity contribution < 1.29 is 4.79 Å². The quantitative estimate of drug-likeness (QED) is 0.711. The Morgan fingerprint density at radius 1 is 1.30 bits per heavy atom. The number of amides is 1. The predicted molar refractivity (Wildman–Crippen MR) is 110 cm³/mol. The van der Waals surface area contributed by atoms with Gasteiger partial charge in [-0.25, -0.2) is 4.98 Å². The molecule has 150 valence electrons. The van der Waals surface area contributed by atoms with Gasteiger partial charge in [0.1, 0.15) is 0 Å². The molecule has 9 heteroatoms. The average molecular weight is 416 g/mol. The first-order valence-corrected chi connectivity index (χ1v) is 8.96. The van der Waals surface area contributed by atoms with Gasteiger partial charge in [-0.15, -0.1) is 24.8 Å². The zero-order valence-electron chi connectivity index (χ0n) is 15.8. The molecule has 1 spiro atoms. The van der Waals surface area contributed by atoms with Crippen molar-refractivity contribution in [1.82, 2.24) is 25.4 Å². The number of H-pyrrole nitrogens is 1. The number of carbonyl (C=O) groups is 1. The molecule has 2 aliphatic rings. The van der Waals surface area contributed by atoms with Crippen LogP contribution in [0.2, 0.25) is 0 Å². The number of aromatic nitrogens is 3. The van der Waals surface area contributed by atoms with Crippen molar-refractivity contribution in [3.63, 3.8) is 0 Å². The second-order valence-corrected chi connectivity index (χ2v) is 7.59. The molecule has 2 fully saturated rings. The zero-order chi connectivity index (χ0) is 17.8. The van der Waals surface area contributed by atoms with Crippen LogP contribution in [0.25, 0.3) is 11.0 Å². The number of halogens is 2. The third-order valence-corrected chi connectivity index (χ3v) is 6.12. The number of rotatable bonds is 3. The van der Waals surface area contributed by atoms with Crippen LogP contribution in [-0.4, -0.2) is 33.8 Å². The fraction of sp³-hybridized carbons (Fsp3) is 0.611. The van der Waals surface area contributed by atoms with Crippen molar-refractivity contribution >= 4 is 41.8 Å². The maximum absolute atomic E-state index is 12.6. The van der Waals surface area contributed by atoms with Crippen LogP contribution in [0.15, 0.2) is 4.79 Å². The van der Waals surface area contributed by atoms with Crippen LogP contribution in [0.1, 0.15) is 36.1 Å². The summed E-state index contributed by atoms with van der Waals surface area (Å²) in [5.74, 6) is 0.287. The van der Waals surface area contributed by atoms with Crippen LogP contribution in [0.4, 0.5) is 0 Å². The molecule has 0 bridgehead atoms. The molecular weight excluding hydrogens is 389 g/mol. The van der Waals surface area contributed by atoms with Gasteiger partial charge in [0, 0.05) is 25.2 Å². The number of piperidine rings is 1. The smallest absolute Gasteiger partial charge is 0.273 e. The summed E-state index contributed by atoms with van der Waals surface area (Å²) in [4.78, 5) is 29.3. The fourth-order valence-electron chi connectivity index (χ4n) is 4.40. The molecule has 0 radical (unpaired) electrons. The fourth-order valence-corrected chi connectivity index (χ4v) is 4.40. The van der Waals surface area contributed by atoms with Crippen molar-refractivity contribution in [2.24, 2.45) is 18.4 Å². The number of aromatic amines is 1. The molecule has 1 aliphatic carbocycles. The maximum Gasteiger partial charge on any atom is 0.273 e. The normalized spacial score (nSPS) is 20.0. The first-order chi connectivity index (χ1) is 11.9. The summed E-state index contributed by atoms with van der Waals surface area (Å²) in [7, 11) is 1.78. The summed E-state index contributed by atoms with van der Waals surface area (Å²) >= 11 is 0. The lowest BCUT2D eigenvalue weighted by atomic mass is 9.91. The molecule has 0 aromatic carbocycles. The Morgan fingerprint density at radius 3 is 2.63 bits per heavy atom. The van der Waals surface area contributed by atoms with Gasteiger partial charge in [-0.1, -0.05) is 0 Å². The highest BCUT2D eigenvalue weighted by Gasteiger charge is 2.57. The molecule has 27 heavy (non-hydrogen) atoms. The van der Waals surface area contributed by atoms with Gasteiger partial charge < -0.3 is 10.6 Å². The zero-order valence-corrected chi connectivity index (χ0v) is 17.5. The van der Waals surface area contributed by atoms with Crippen molar-refractivity contribution in [3.05, 3.63) is 27.2 Å². The monoisotopic (exact) mass is 415 g/mol. The van der Waals surface area contributed by atoms with Gasteiger partial charge >= 0.3 is 0 Å². The lowest BCUT2D eigenvalue weighted by molar-refractivity contribution is -0.123. The number of fused-ring (bicyclic) bond motifs is 1. The second kappa shape index (κ2) is 7.81. The number of nitrogens with one attached hydrogen (secondary N) is 3. The van der Waals surface area contributed by atoms with Crippen molar-refractivity contribution in [2.75, 3.05) is 13.1 Å². The highest BCUT2D eigenvalue weighted by molar-refractivity contribution is 5.86. The van der Waals surface area contributed by atoms with Crippen molar-refractivity contribution in [3.8, 4) is 0 Å². The summed E-state index contributed by atoms with van der Waals surface area (Å²) < 4.78 is 1.64. The Bertz CT molecular complexity index is 915. The SMILES string of the molecule is Cc1nc2c(c(C)c1CNC(=O)C1CC13CCNCC3)c(=O)[nH]n2C.Cl.Cl. The molecule has 2 aromatic heterocycles. The van der Waals surface area contributed by atoms with E-state index in [4.69, 9.17) is 0 Å². The van der Waals surface area contributed by atoms with E-state index in [0.29, 0.717) is 17.6 Å². The molecule has 1 saturated carbocycles. The summed E-state index contributed by atoms with van der Waals surface area (Å²) in [6, 6.07) is 0. The molecule has 1 atom stereocenters. The Balaban J connectivity index is 0.00000131. The summed E-state index contributed by atoms with van der Waals surface area (Å²) in [6.07, 6.45) is 3.19. The first-order valence-electron chi connectivity index (χ1n) is 8.96. The third kappa shape index (κ3) is 3.60. The van der Waals surface area contributed by atoms with E-state index >= 15 is 0 Å². The van der Waals surface area contributed by atoms with Gasteiger partial charge in [-0.05, 0) is 62.7 Å². The van der Waals surface area contributed by atoms with Crippen LogP contribution >= 0.6 is 24.8 Å². The Kier molecular flexibility index (Phi) is 6.29. The van der Waals surface area contributed by atoms with Crippen LogP contribution in [0.3, 0.4) is 0 Å². The van der Waals surface area contributed by atoms with E-state index in [2.05, 4.69) is 20.7 Å². The summed E-state index contributed by atoms with van der Waals surface area (Å²) in [6.45, 7) is 6.31. The van der Waals surface area contributed by atoms with E-state index in [1.54, 1.807) is 11.7 Å². The largest absolute Gasteiger partial charge is 0.352 e. The number of pyridine rings is 1. The van der Waals surface area contributed by atoms with Crippen LogP contribution in [-0.2, 0) is 18.4 Å². The molecule has 1 saturated heterocycles. The van der Waals surface area contributed by atoms with E-state index in [-0.39, 0.29) is 47.6 Å². The third-order valence-electron chi connectivity index (χ3n) is 6.12. The van der Waals surface area contributed by atoms with E-state index in [1.165, 1.54) is 0 Å². The van der Waals surface area contributed by atoms with Gasteiger partial charge in [0.15, 0.2) is 5.65 Å². The lowest BCUT2D eigenvalue weighted by Crippen LogP contribution is -2.33. The van der Waals surface area contributed by atoms with E-state index in [0.717, 1.165) is 49.2 Å². The van der Waals surface area contributed by atoms with E-state index in [9.17, 15) is 9.59 Å². The molecule has 4 rings (SSSR count). The minimum atomic E-state index is -0.133. The van der Waals surface area contributed by atoms with Gasteiger partial charge in [0.05, 0.1) is 5.39 Å². The van der Waals surface area contributed by atoms with Gasteiger partial charge in [-0.2, -0.15) is 0 Å². The standard InChI is InChI=1S/C18H25N5O2.2ClH/c1-10-12(11(2)21-15-14(10)17(25)22-23(15)3)9-20-16(24)13-8-18(13)4-6-19-7-5-18;;/h13,19H,4-9H2,1-3H3,(H,20,24)(H,22,25);2*1H. The Labute approximate surface area is 170 Å². The molecular formula is C18H27Cl2N5O2. The number of carbonyl (C=O) groups excluding carboxylic acids is 1. The van der Waals surface area contributed by atoms with Crippen LogP contribution in [0.5, 0.6) is 0 Å². The number of hydrogen-bond donors (Lipinski definition) is 3. The number of aryl methyl sites for hydroxylation is 3. The highest BCUT2D eigenvalue weighted by atomic mass is 35.5. The average Bonchev–Trinajstić information content (AvgIpc) is 3.18. The summed E-state index contributed by atoms with van der Waals surface area (Å²) in [5.41, 5.74) is 3.46. The predicted octanol–water partition coefficient (Wildman–Crippen LogP) is 1.73. The molecule has 1 aliphatic heterocycles. The topological polar surface area (TPSA) is 91.8 Å². The van der Waals surface area contributed by atoms with Crippen LogP contribution in [0, 0.1) is 25.2 Å². The molecule has 3 heterocycles. The Morgan fingerprint density at radius 2 is 1.96 bits per heavy atom. The minimum absolute atomic E-state index is 0. The van der Waals surface area contributed by atoms with Gasteiger partial charge in [0.2, 0.25) is 5.91 Å². The van der Waals surface area contributed by atoms with Crippen molar-refractivity contribution in [1.29, 1.82) is 0 Å². The lowest BCUT2D eigenvalue weighted by Gasteiger charge is -2.23. The summed E-state index contributed by atoms with van der Waals surface area (Å²) in [5, 5.41) is 9.81. The first kappa shape index (κ1) is 21.7. The van der Waals surface area contributed by atoms with E-state index < -0.39 is 0 Å². The molecule has 1 unspecified atom stereocenters. The van der Waals surface area contributed by atoms with E-state index in [1.807, 2.05) is 13.8 Å². The molecule has 2 aromatic rings. The molecule has 7 nitrogen and oxygen atoms in total. The minimum Gasteiger partial charge on any atom is -0.352 e. The number of nitrogens with zero attached hydrogens (tertiary/aromatic N) is 2. The Hall–Kier alpha value is -1.57. The van der Waals surface area contributed by atoms with Gasteiger partial charge in [-0.3, -0.25) is 19.4 Å². The highest BCUT2D eigenvalue weighted by Crippen LogP contribution is 2.58. The van der Waals surface area contributed by atoms with Crippen molar-refractivity contribution in [2.45, 2.75) is 39.7 Å². The molecule has 3 N–H and O–H groups in total. The second-order valence-electron chi connectivity index (χ2n) is 7.59. The number of hydrogen-bond acceptors (Lipinski definition) is 4. The van der Waals surface area contributed by atoms with Crippen LogP contribution < -0.4 is 16.2 Å². The maximum atomic E-state index is 12.6. The molecule has 1 amide bonds. The van der Waals surface area contributed by atoms with Gasteiger partial charge in [0.25, 0.3) is 5.56 Å².